The van der Waals surface area contributed by atoms with Gasteiger partial charge in [-0.25, -0.2) is 4.79 Å². The Labute approximate surface area is 214 Å². The Kier molecular flexibility index (Phi) is 7.59. The lowest BCUT2D eigenvalue weighted by Crippen LogP contribution is -2.42. The van der Waals surface area contributed by atoms with Gasteiger partial charge < -0.3 is 15.3 Å². The number of nitrogens with one attached hydrogen (secondary N) is 1. The van der Waals surface area contributed by atoms with Gasteiger partial charge in [-0.15, -0.1) is 11.3 Å². The molecule has 0 saturated heterocycles. The molecule has 0 unspecified atom stereocenters. The number of benzene rings is 1. The number of carbonyl (C=O) groups is 3. The zero-order valence-electron chi connectivity index (χ0n) is 21.0. The Morgan fingerprint density at radius 2 is 1.81 bits per heavy atom. The molecule has 1 saturated carbocycles. The van der Waals surface area contributed by atoms with Crippen LogP contribution in [0.3, 0.4) is 0 Å². The average molecular weight is 509 g/mol. The van der Waals surface area contributed by atoms with Crippen molar-refractivity contribution in [2.75, 3.05) is 10.2 Å². The number of carbonyl (C=O) groups excluding carboxylic acids is 2. The highest BCUT2D eigenvalue weighted by Gasteiger charge is 2.33. The Morgan fingerprint density at radius 3 is 2.36 bits per heavy atom. The minimum atomic E-state index is -1.04. The molecule has 2 N–H and O–H groups in total. The summed E-state index contributed by atoms with van der Waals surface area (Å²) >= 11 is 1.16. The molecule has 9 heteroatoms. The first-order valence-corrected chi connectivity index (χ1v) is 13.1. The van der Waals surface area contributed by atoms with Crippen molar-refractivity contribution in [3.8, 4) is 10.4 Å². The first kappa shape index (κ1) is 25.6. The van der Waals surface area contributed by atoms with Gasteiger partial charge in [0.15, 0.2) is 0 Å². The molecule has 0 radical (unpaired) electrons. The summed E-state index contributed by atoms with van der Waals surface area (Å²) in [5.41, 5.74) is 2.35. The zero-order chi connectivity index (χ0) is 26.0. The van der Waals surface area contributed by atoms with E-state index in [-0.39, 0.29) is 28.7 Å². The van der Waals surface area contributed by atoms with E-state index in [0.29, 0.717) is 22.9 Å². The number of hydrogen-bond acceptors (Lipinski definition) is 5. The maximum atomic E-state index is 13.5. The van der Waals surface area contributed by atoms with Crippen molar-refractivity contribution in [1.82, 2.24) is 9.78 Å². The van der Waals surface area contributed by atoms with Crippen LogP contribution >= 0.6 is 11.3 Å². The number of nitrogens with zero attached hydrogens (tertiary/aromatic N) is 3. The van der Waals surface area contributed by atoms with E-state index in [2.05, 4.69) is 17.3 Å². The Balaban J connectivity index is 1.58. The largest absolute Gasteiger partial charge is 0.477 e. The number of amides is 2. The van der Waals surface area contributed by atoms with E-state index in [1.807, 2.05) is 26.0 Å². The fourth-order valence-electron chi connectivity index (χ4n) is 4.67. The topological polar surface area (TPSA) is 105 Å². The highest BCUT2D eigenvalue weighted by molar-refractivity contribution is 7.18. The summed E-state index contributed by atoms with van der Waals surface area (Å²) in [6.45, 7) is 6.06. The normalized spacial score (nSPS) is 17.7. The van der Waals surface area contributed by atoms with Crippen molar-refractivity contribution >= 4 is 40.5 Å². The van der Waals surface area contributed by atoms with Crippen LogP contribution in [-0.2, 0) is 11.8 Å². The summed E-state index contributed by atoms with van der Waals surface area (Å²) in [5.74, 6) is -0.738. The fourth-order valence-corrected chi connectivity index (χ4v) is 5.66. The molecule has 0 bridgehead atoms. The van der Waals surface area contributed by atoms with Crippen LogP contribution in [0, 0.1) is 11.8 Å². The van der Waals surface area contributed by atoms with Crippen LogP contribution < -0.4 is 10.2 Å². The minimum absolute atomic E-state index is 0.0113. The molecular weight excluding hydrogens is 476 g/mol. The number of anilines is 2. The SMILES string of the molecule is CC1CCC(C(=O)N(c2cc(-c3ccc(NC(=O)c4cnn(C)c4)cc3)sc2C(=O)O)C(C)C)CC1. The van der Waals surface area contributed by atoms with Crippen LogP contribution in [0.1, 0.15) is 66.5 Å². The van der Waals surface area contributed by atoms with Gasteiger partial charge in [-0.05, 0) is 69.2 Å². The van der Waals surface area contributed by atoms with Crippen molar-refractivity contribution in [2.24, 2.45) is 18.9 Å². The lowest BCUT2D eigenvalue weighted by Gasteiger charge is -2.33. The summed E-state index contributed by atoms with van der Waals surface area (Å²) < 4.78 is 1.56. The van der Waals surface area contributed by atoms with E-state index >= 15 is 0 Å². The number of rotatable bonds is 7. The first-order valence-electron chi connectivity index (χ1n) is 12.2. The summed E-state index contributed by atoms with van der Waals surface area (Å²) in [6, 6.07) is 8.87. The number of aryl methyl sites for hydroxylation is 1. The molecule has 2 amide bonds. The second-order valence-electron chi connectivity index (χ2n) is 9.82. The summed E-state index contributed by atoms with van der Waals surface area (Å²) in [6.07, 6.45) is 6.86. The van der Waals surface area contributed by atoms with E-state index in [4.69, 9.17) is 0 Å². The van der Waals surface area contributed by atoms with Gasteiger partial charge >= 0.3 is 5.97 Å². The summed E-state index contributed by atoms with van der Waals surface area (Å²) in [5, 5.41) is 16.8. The third-order valence-corrected chi connectivity index (χ3v) is 7.84. The number of thiophene rings is 1. The molecule has 2 heterocycles. The molecule has 4 rings (SSSR count). The van der Waals surface area contributed by atoms with E-state index in [9.17, 15) is 19.5 Å². The van der Waals surface area contributed by atoms with E-state index in [0.717, 1.165) is 47.5 Å². The van der Waals surface area contributed by atoms with Crippen molar-refractivity contribution in [3.63, 3.8) is 0 Å². The molecule has 3 aromatic rings. The van der Waals surface area contributed by atoms with Gasteiger partial charge in [0.1, 0.15) is 4.88 Å². The molecular formula is C27H32N4O4S. The van der Waals surface area contributed by atoms with Gasteiger partial charge in [0.25, 0.3) is 5.91 Å². The number of aromatic nitrogens is 2. The van der Waals surface area contributed by atoms with Gasteiger partial charge in [0.05, 0.1) is 17.4 Å². The second kappa shape index (κ2) is 10.7. The van der Waals surface area contributed by atoms with Crippen molar-refractivity contribution in [1.29, 1.82) is 0 Å². The second-order valence-corrected chi connectivity index (χ2v) is 10.9. The van der Waals surface area contributed by atoms with Crippen molar-refractivity contribution < 1.29 is 19.5 Å². The van der Waals surface area contributed by atoms with Crippen LogP contribution in [0.4, 0.5) is 11.4 Å². The van der Waals surface area contributed by atoms with E-state index in [1.54, 1.807) is 41.0 Å². The highest BCUT2D eigenvalue weighted by Crippen LogP contribution is 2.40. The van der Waals surface area contributed by atoms with Gasteiger partial charge in [-0.1, -0.05) is 19.1 Å². The molecule has 0 spiro atoms. The Hall–Kier alpha value is -3.46. The van der Waals surface area contributed by atoms with Crippen LogP contribution in [0.2, 0.25) is 0 Å². The first-order chi connectivity index (χ1) is 17.1. The molecule has 2 aromatic heterocycles. The quantitative estimate of drug-likeness (QED) is 0.428. The minimum Gasteiger partial charge on any atom is -0.477 e. The molecule has 0 aliphatic heterocycles. The van der Waals surface area contributed by atoms with Crippen molar-refractivity contribution in [3.05, 3.63) is 53.2 Å². The van der Waals surface area contributed by atoms with Crippen LogP contribution in [-0.4, -0.2) is 38.7 Å². The van der Waals surface area contributed by atoms with Gasteiger partial charge in [0.2, 0.25) is 5.91 Å². The lowest BCUT2D eigenvalue weighted by molar-refractivity contribution is -0.123. The third-order valence-electron chi connectivity index (χ3n) is 6.68. The lowest BCUT2D eigenvalue weighted by atomic mass is 9.82. The Bertz CT molecular complexity index is 1250. The number of hydrogen-bond donors (Lipinski definition) is 2. The van der Waals surface area contributed by atoms with E-state index in [1.165, 1.54) is 6.20 Å². The van der Waals surface area contributed by atoms with Gasteiger partial charge in [-0.2, -0.15) is 5.10 Å². The number of aromatic carboxylic acids is 1. The molecule has 1 fully saturated rings. The standard InChI is InChI=1S/C27H32N4O4S/c1-16(2)31(26(33)19-7-5-17(3)6-8-19)22-13-23(36-24(22)27(34)35)18-9-11-21(12-10-18)29-25(32)20-14-28-30(4)15-20/h9-17,19H,5-8H2,1-4H3,(H,29,32)(H,34,35). The maximum absolute atomic E-state index is 13.5. The molecule has 36 heavy (non-hydrogen) atoms. The number of carboxylic acids is 1. The highest BCUT2D eigenvalue weighted by atomic mass is 32.1. The predicted molar refractivity (Wildman–Crippen MR) is 142 cm³/mol. The fraction of sp³-hybridized carbons (Fsp3) is 0.407. The van der Waals surface area contributed by atoms with E-state index < -0.39 is 5.97 Å². The summed E-state index contributed by atoms with van der Waals surface area (Å²) in [7, 11) is 1.75. The maximum Gasteiger partial charge on any atom is 0.348 e. The Morgan fingerprint density at radius 1 is 1.14 bits per heavy atom. The third kappa shape index (κ3) is 5.51. The summed E-state index contributed by atoms with van der Waals surface area (Å²) in [4.78, 5) is 40.7. The van der Waals surface area contributed by atoms with Crippen LogP contribution in [0.15, 0.2) is 42.7 Å². The predicted octanol–water partition coefficient (Wildman–Crippen LogP) is 5.67. The molecule has 190 valence electrons. The zero-order valence-corrected chi connectivity index (χ0v) is 21.8. The smallest absolute Gasteiger partial charge is 0.348 e. The van der Waals surface area contributed by atoms with Crippen LogP contribution in [0.25, 0.3) is 10.4 Å². The molecule has 1 aromatic carbocycles. The van der Waals surface area contributed by atoms with Gasteiger partial charge in [0, 0.05) is 35.8 Å². The van der Waals surface area contributed by atoms with Crippen LogP contribution in [0.5, 0.6) is 0 Å². The average Bonchev–Trinajstić information content (AvgIpc) is 3.47. The molecule has 0 atom stereocenters. The monoisotopic (exact) mass is 508 g/mol. The molecule has 1 aliphatic rings. The van der Waals surface area contributed by atoms with Gasteiger partial charge in [-0.3, -0.25) is 14.3 Å². The molecule has 1 aliphatic carbocycles. The molecule has 8 nitrogen and oxygen atoms in total. The van der Waals surface area contributed by atoms with Crippen molar-refractivity contribution in [2.45, 2.75) is 52.5 Å². The number of carboxylic acid groups (broad SMARTS) is 1.